The Labute approximate surface area is 128 Å². The molecule has 7 heteroatoms. The van der Waals surface area contributed by atoms with Gasteiger partial charge in [0.1, 0.15) is 0 Å². The Bertz CT molecular complexity index is 703. The van der Waals surface area contributed by atoms with Crippen LogP contribution >= 0.6 is 0 Å². The van der Waals surface area contributed by atoms with Crippen molar-refractivity contribution in [2.45, 2.75) is 38.6 Å². The van der Waals surface area contributed by atoms with E-state index >= 15 is 0 Å². The van der Waals surface area contributed by atoms with Gasteiger partial charge in [-0.1, -0.05) is 6.92 Å². The first-order chi connectivity index (χ1) is 10.5. The van der Waals surface area contributed by atoms with Crippen molar-refractivity contribution in [1.82, 2.24) is 10.0 Å². The van der Waals surface area contributed by atoms with Crippen LogP contribution in [0.25, 0.3) is 0 Å². The molecule has 0 radical (unpaired) electrons. The molecule has 22 heavy (non-hydrogen) atoms. The SMILES string of the molecule is C[C@]12CC[C@H](CC1N=C(NC#N)Nc1ccc(=N)n(O)c1)C2. The molecule has 1 aromatic heterocycles. The van der Waals surface area contributed by atoms with Crippen LogP contribution in [-0.4, -0.2) is 21.9 Å². The van der Waals surface area contributed by atoms with Crippen molar-refractivity contribution in [3.8, 4) is 6.19 Å². The summed E-state index contributed by atoms with van der Waals surface area (Å²) in [5.41, 5.74) is 0.780. The smallest absolute Gasteiger partial charge is 0.209 e. The summed E-state index contributed by atoms with van der Waals surface area (Å²) in [6.07, 6.45) is 8.03. The zero-order valence-corrected chi connectivity index (χ0v) is 12.5. The number of rotatable bonds is 2. The predicted molar refractivity (Wildman–Crippen MR) is 81.1 cm³/mol. The number of aromatic nitrogens is 1. The van der Waals surface area contributed by atoms with Gasteiger partial charge < -0.3 is 10.5 Å². The third-order valence-electron chi connectivity index (χ3n) is 4.89. The van der Waals surface area contributed by atoms with Gasteiger partial charge in [-0.15, -0.1) is 0 Å². The Kier molecular flexibility index (Phi) is 3.53. The van der Waals surface area contributed by atoms with Crippen LogP contribution in [0.3, 0.4) is 0 Å². The van der Waals surface area contributed by atoms with Gasteiger partial charge in [0.2, 0.25) is 5.96 Å². The minimum absolute atomic E-state index is 0.0158. The summed E-state index contributed by atoms with van der Waals surface area (Å²) in [5.74, 6) is 1.14. The highest BCUT2D eigenvalue weighted by Crippen LogP contribution is 2.55. The molecule has 2 fully saturated rings. The van der Waals surface area contributed by atoms with E-state index in [9.17, 15) is 5.21 Å². The number of aliphatic imine (C=N–C) groups is 1. The lowest BCUT2D eigenvalue weighted by Crippen LogP contribution is -2.33. The molecular formula is C15H20N6O. The molecule has 7 nitrogen and oxygen atoms in total. The van der Waals surface area contributed by atoms with E-state index in [1.807, 2.05) is 6.19 Å². The highest BCUT2D eigenvalue weighted by Gasteiger charge is 2.48. The number of pyridine rings is 1. The molecule has 2 bridgehead atoms. The molecule has 0 saturated heterocycles. The van der Waals surface area contributed by atoms with Crippen molar-refractivity contribution in [3.05, 3.63) is 23.8 Å². The Morgan fingerprint density at radius 2 is 2.41 bits per heavy atom. The standard InChI is InChI=1S/C15H20N6O/c1-15-5-4-10(7-15)6-12(15)20-14(18-9-16)19-11-2-3-13(17)21(22)8-11/h2-3,8,10,12,17,22H,4-7H2,1H3,(H2,18,19,20)/t10-,12?,15-/m1/s1. The van der Waals surface area contributed by atoms with Gasteiger partial charge in [0, 0.05) is 0 Å². The summed E-state index contributed by atoms with van der Waals surface area (Å²) >= 11 is 0. The third kappa shape index (κ3) is 2.64. The van der Waals surface area contributed by atoms with Crippen LogP contribution in [0.15, 0.2) is 23.3 Å². The lowest BCUT2D eigenvalue weighted by Gasteiger charge is -2.28. The number of guanidine groups is 1. The second-order valence-corrected chi connectivity index (χ2v) is 6.50. The van der Waals surface area contributed by atoms with E-state index in [2.05, 4.69) is 17.6 Å². The van der Waals surface area contributed by atoms with Gasteiger partial charge in [0.25, 0.3) is 0 Å². The fourth-order valence-electron chi connectivity index (χ4n) is 3.71. The van der Waals surface area contributed by atoms with Crippen molar-refractivity contribution in [2.24, 2.45) is 16.3 Å². The molecule has 1 aromatic rings. The molecule has 2 saturated carbocycles. The molecule has 3 atom stereocenters. The second kappa shape index (κ2) is 5.37. The van der Waals surface area contributed by atoms with Gasteiger partial charge in [0.05, 0.1) is 17.9 Å². The monoisotopic (exact) mass is 300 g/mol. The van der Waals surface area contributed by atoms with Crippen LogP contribution in [0.5, 0.6) is 0 Å². The fraction of sp³-hybridized carbons (Fsp3) is 0.533. The van der Waals surface area contributed by atoms with Gasteiger partial charge in [-0.2, -0.15) is 9.99 Å². The number of fused-ring (bicyclic) bond motifs is 2. The average Bonchev–Trinajstić information content (AvgIpc) is 2.98. The van der Waals surface area contributed by atoms with Gasteiger partial charge in [-0.3, -0.25) is 10.7 Å². The molecule has 4 N–H and O–H groups in total. The molecule has 0 spiro atoms. The molecule has 0 aromatic carbocycles. The summed E-state index contributed by atoms with van der Waals surface area (Å²) in [4.78, 5) is 4.70. The van der Waals surface area contributed by atoms with Crippen molar-refractivity contribution >= 4 is 11.6 Å². The molecule has 2 aliphatic carbocycles. The van der Waals surface area contributed by atoms with E-state index in [1.54, 1.807) is 6.07 Å². The van der Waals surface area contributed by atoms with Gasteiger partial charge in [0.15, 0.2) is 11.7 Å². The molecule has 3 rings (SSSR count). The molecule has 0 aliphatic heterocycles. The first-order valence-electron chi connectivity index (χ1n) is 7.47. The molecular weight excluding hydrogens is 280 g/mol. The first-order valence-corrected chi connectivity index (χ1v) is 7.47. The summed E-state index contributed by atoms with van der Waals surface area (Å²) < 4.78 is 0.713. The lowest BCUT2D eigenvalue weighted by atomic mass is 9.82. The number of nitrogens with zero attached hydrogens (tertiary/aromatic N) is 3. The fourth-order valence-corrected chi connectivity index (χ4v) is 3.71. The number of hydrogen-bond donors (Lipinski definition) is 4. The Hall–Kier alpha value is -2.49. The van der Waals surface area contributed by atoms with Crippen molar-refractivity contribution < 1.29 is 5.21 Å². The maximum Gasteiger partial charge on any atom is 0.209 e. The molecule has 0 amide bonds. The lowest BCUT2D eigenvalue weighted by molar-refractivity contribution is 0.171. The number of anilines is 1. The first kappa shape index (κ1) is 14.4. The molecule has 2 aliphatic rings. The van der Waals surface area contributed by atoms with E-state index < -0.39 is 0 Å². The van der Waals surface area contributed by atoms with E-state index in [1.165, 1.54) is 31.5 Å². The van der Waals surface area contributed by atoms with Gasteiger partial charge in [-0.05, 0) is 49.1 Å². The van der Waals surface area contributed by atoms with Crippen LogP contribution < -0.4 is 16.1 Å². The van der Waals surface area contributed by atoms with E-state index in [4.69, 9.17) is 15.7 Å². The minimum atomic E-state index is -0.0158. The van der Waals surface area contributed by atoms with Crippen LogP contribution in [0.1, 0.15) is 32.6 Å². The third-order valence-corrected chi connectivity index (χ3v) is 4.89. The summed E-state index contributed by atoms with van der Waals surface area (Å²) in [6.45, 7) is 2.27. The molecule has 116 valence electrons. The number of nitrogens with one attached hydrogen (secondary N) is 3. The normalized spacial score (nSPS) is 30.1. The van der Waals surface area contributed by atoms with E-state index in [-0.39, 0.29) is 16.9 Å². The minimum Gasteiger partial charge on any atom is -0.427 e. The number of nitriles is 1. The zero-order valence-electron chi connectivity index (χ0n) is 12.5. The quantitative estimate of drug-likeness (QED) is 0.219. The second-order valence-electron chi connectivity index (χ2n) is 6.50. The Balaban J connectivity index is 1.81. The van der Waals surface area contributed by atoms with Crippen molar-refractivity contribution in [3.63, 3.8) is 0 Å². The van der Waals surface area contributed by atoms with Crippen LogP contribution in [-0.2, 0) is 0 Å². The van der Waals surface area contributed by atoms with Crippen LogP contribution in [0, 0.1) is 28.2 Å². The van der Waals surface area contributed by atoms with Gasteiger partial charge >= 0.3 is 0 Å². The zero-order chi connectivity index (χ0) is 15.7. The largest absolute Gasteiger partial charge is 0.427 e. The molecule has 1 unspecified atom stereocenters. The highest BCUT2D eigenvalue weighted by molar-refractivity contribution is 5.94. The Morgan fingerprint density at radius 1 is 1.59 bits per heavy atom. The van der Waals surface area contributed by atoms with Crippen molar-refractivity contribution in [1.29, 1.82) is 10.7 Å². The Morgan fingerprint density at radius 3 is 3.00 bits per heavy atom. The van der Waals surface area contributed by atoms with Crippen molar-refractivity contribution in [2.75, 3.05) is 5.32 Å². The van der Waals surface area contributed by atoms with Crippen LogP contribution in [0.4, 0.5) is 5.69 Å². The van der Waals surface area contributed by atoms with E-state index in [0.717, 1.165) is 12.3 Å². The molecule has 1 heterocycles. The maximum atomic E-state index is 9.52. The van der Waals surface area contributed by atoms with E-state index in [0.29, 0.717) is 16.4 Å². The number of hydrogen-bond acceptors (Lipinski definition) is 4. The highest BCUT2D eigenvalue weighted by atomic mass is 16.5. The summed E-state index contributed by atoms with van der Waals surface area (Å²) in [6, 6.07) is 3.34. The topological polar surface area (TPSA) is 109 Å². The average molecular weight is 300 g/mol. The summed E-state index contributed by atoms with van der Waals surface area (Å²) in [7, 11) is 0. The van der Waals surface area contributed by atoms with Crippen LogP contribution in [0.2, 0.25) is 0 Å². The summed E-state index contributed by atoms with van der Waals surface area (Å²) in [5, 5.41) is 31.4. The predicted octanol–water partition coefficient (Wildman–Crippen LogP) is 1.62. The van der Waals surface area contributed by atoms with Gasteiger partial charge in [-0.25, -0.2) is 4.99 Å². The maximum absolute atomic E-state index is 9.52.